The van der Waals surface area contributed by atoms with Crippen LogP contribution in [0.2, 0.25) is 0 Å². The SMILES string of the molecule is Cc1c(Br)c(=O)c(C=C=O)c(C)n1Cc1c(F)cccc1F. The summed E-state index contributed by atoms with van der Waals surface area (Å²) >= 11 is 3.16. The number of hydrogen-bond acceptors (Lipinski definition) is 2. The highest BCUT2D eigenvalue weighted by Crippen LogP contribution is 2.21. The van der Waals surface area contributed by atoms with E-state index >= 15 is 0 Å². The van der Waals surface area contributed by atoms with Crippen molar-refractivity contribution in [2.75, 3.05) is 0 Å². The molecule has 22 heavy (non-hydrogen) atoms. The summed E-state index contributed by atoms with van der Waals surface area (Å²) in [5.74, 6) is 0.238. The Bertz CT molecular complexity index is 832. The van der Waals surface area contributed by atoms with E-state index in [2.05, 4.69) is 15.9 Å². The van der Waals surface area contributed by atoms with Crippen molar-refractivity contribution in [3.63, 3.8) is 0 Å². The molecule has 3 nitrogen and oxygen atoms in total. The molecule has 0 spiro atoms. The third-order valence-electron chi connectivity index (χ3n) is 3.54. The third-order valence-corrected chi connectivity index (χ3v) is 4.48. The van der Waals surface area contributed by atoms with Crippen molar-refractivity contribution >= 4 is 27.9 Å². The molecule has 0 aliphatic carbocycles. The number of benzene rings is 1. The molecule has 0 aliphatic rings. The summed E-state index contributed by atoms with van der Waals surface area (Å²) in [6.07, 6.45) is 1.02. The molecule has 0 aliphatic heterocycles. The maximum Gasteiger partial charge on any atom is 0.204 e. The summed E-state index contributed by atoms with van der Waals surface area (Å²) in [7, 11) is 0. The Labute approximate surface area is 134 Å². The summed E-state index contributed by atoms with van der Waals surface area (Å²) < 4.78 is 29.5. The quantitative estimate of drug-likeness (QED) is 0.779. The van der Waals surface area contributed by atoms with Crippen LogP contribution in [0.5, 0.6) is 0 Å². The number of pyridine rings is 1. The lowest BCUT2D eigenvalue weighted by molar-refractivity contribution is 0.539. The molecular weight excluding hydrogens is 356 g/mol. The first kappa shape index (κ1) is 16.3. The molecule has 0 fully saturated rings. The Balaban J connectivity index is 2.71. The lowest BCUT2D eigenvalue weighted by atomic mass is 10.1. The first-order valence-electron chi connectivity index (χ1n) is 6.41. The Morgan fingerprint density at radius 2 is 1.82 bits per heavy atom. The van der Waals surface area contributed by atoms with Gasteiger partial charge in [-0.1, -0.05) is 6.07 Å². The number of rotatable bonds is 3. The van der Waals surface area contributed by atoms with E-state index in [0.717, 1.165) is 6.08 Å². The van der Waals surface area contributed by atoms with Crippen LogP contribution in [0.3, 0.4) is 0 Å². The van der Waals surface area contributed by atoms with Gasteiger partial charge < -0.3 is 4.57 Å². The second-order valence-electron chi connectivity index (χ2n) is 4.78. The van der Waals surface area contributed by atoms with Gasteiger partial charge in [-0.2, -0.15) is 0 Å². The van der Waals surface area contributed by atoms with E-state index in [1.165, 1.54) is 18.2 Å². The van der Waals surface area contributed by atoms with E-state index in [1.54, 1.807) is 24.4 Å². The van der Waals surface area contributed by atoms with Crippen LogP contribution in [-0.2, 0) is 11.3 Å². The predicted octanol–water partition coefficient (Wildman–Crippen LogP) is 3.40. The highest BCUT2D eigenvalue weighted by molar-refractivity contribution is 9.10. The topological polar surface area (TPSA) is 39.1 Å². The first-order valence-corrected chi connectivity index (χ1v) is 7.21. The molecule has 0 saturated heterocycles. The molecule has 6 heteroatoms. The fraction of sp³-hybridized carbons (Fsp3) is 0.188. The van der Waals surface area contributed by atoms with E-state index in [4.69, 9.17) is 0 Å². The number of nitrogens with zero attached hydrogens (tertiary/aromatic N) is 1. The normalized spacial score (nSPS) is 10.4. The van der Waals surface area contributed by atoms with E-state index in [1.807, 2.05) is 0 Å². The second kappa shape index (κ2) is 6.38. The number of hydrogen-bond donors (Lipinski definition) is 0. The monoisotopic (exact) mass is 367 g/mol. The lowest BCUT2D eigenvalue weighted by Gasteiger charge is -2.18. The third kappa shape index (κ3) is 2.80. The van der Waals surface area contributed by atoms with E-state index in [-0.39, 0.29) is 27.6 Å². The summed E-state index contributed by atoms with van der Waals surface area (Å²) in [6, 6.07) is 3.63. The molecule has 0 bridgehead atoms. The molecule has 1 aromatic carbocycles. The van der Waals surface area contributed by atoms with Crippen molar-refractivity contribution in [1.82, 2.24) is 4.57 Å². The van der Waals surface area contributed by atoms with E-state index < -0.39 is 11.6 Å². The molecule has 0 amide bonds. The average Bonchev–Trinajstić information content (AvgIpc) is 2.48. The van der Waals surface area contributed by atoms with Gasteiger partial charge in [0.15, 0.2) is 0 Å². The Hall–Kier alpha value is -2.04. The van der Waals surface area contributed by atoms with Crippen molar-refractivity contribution < 1.29 is 13.6 Å². The van der Waals surface area contributed by atoms with Crippen molar-refractivity contribution in [2.24, 2.45) is 0 Å². The molecule has 0 saturated carbocycles. The van der Waals surface area contributed by atoms with Crippen LogP contribution < -0.4 is 5.43 Å². The first-order chi connectivity index (χ1) is 10.4. The lowest BCUT2D eigenvalue weighted by Crippen LogP contribution is -2.21. The molecule has 0 atom stereocenters. The average molecular weight is 368 g/mol. The van der Waals surface area contributed by atoms with Gasteiger partial charge in [-0.25, -0.2) is 13.6 Å². The molecule has 2 rings (SSSR count). The molecule has 1 heterocycles. The fourth-order valence-corrected chi connectivity index (χ4v) is 2.70. The highest BCUT2D eigenvalue weighted by atomic mass is 79.9. The van der Waals surface area contributed by atoms with Crippen LogP contribution in [-0.4, -0.2) is 10.5 Å². The molecule has 1 aromatic heterocycles. The Morgan fingerprint density at radius 1 is 1.23 bits per heavy atom. The van der Waals surface area contributed by atoms with Crippen LogP contribution in [0.4, 0.5) is 8.78 Å². The van der Waals surface area contributed by atoms with Crippen molar-refractivity contribution in [2.45, 2.75) is 20.4 Å². The summed E-state index contributed by atoms with van der Waals surface area (Å²) in [5.41, 5.74) is 0.642. The standard InChI is InChI=1S/C16H12BrF2NO2/c1-9-11(6-7-21)16(22)15(17)10(2)20(9)8-12-13(18)4-3-5-14(12)19/h3-6H,8H2,1-2H3. The Morgan fingerprint density at radius 3 is 2.36 bits per heavy atom. The highest BCUT2D eigenvalue weighted by Gasteiger charge is 2.17. The maximum absolute atomic E-state index is 13.8. The summed E-state index contributed by atoms with van der Waals surface area (Å²) in [6.45, 7) is 3.18. The van der Waals surface area contributed by atoms with Gasteiger partial charge in [0.1, 0.15) is 17.6 Å². The summed E-state index contributed by atoms with van der Waals surface area (Å²) in [5, 5.41) is 0. The van der Waals surface area contributed by atoms with Gasteiger partial charge in [0, 0.05) is 23.0 Å². The molecule has 2 aromatic rings. The minimum Gasteiger partial charge on any atom is -0.343 e. The van der Waals surface area contributed by atoms with Gasteiger partial charge >= 0.3 is 0 Å². The molecule has 0 radical (unpaired) electrons. The van der Waals surface area contributed by atoms with Gasteiger partial charge in [0.2, 0.25) is 5.43 Å². The Kier molecular flexibility index (Phi) is 4.74. The molecular formula is C16H12BrF2NO2. The number of aromatic nitrogens is 1. The smallest absolute Gasteiger partial charge is 0.204 e. The predicted molar refractivity (Wildman–Crippen MR) is 83.5 cm³/mol. The van der Waals surface area contributed by atoms with Crippen molar-refractivity contribution in [3.8, 4) is 0 Å². The zero-order valence-electron chi connectivity index (χ0n) is 11.9. The van der Waals surface area contributed by atoms with E-state index in [0.29, 0.717) is 11.4 Å². The van der Waals surface area contributed by atoms with Gasteiger partial charge in [-0.3, -0.25) is 4.79 Å². The van der Waals surface area contributed by atoms with Crippen molar-refractivity contribution in [1.29, 1.82) is 0 Å². The van der Waals surface area contributed by atoms with Crippen LogP contribution >= 0.6 is 15.9 Å². The number of carbonyl (C=O) groups excluding carboxylic acids is 1. The second-order valence-corrected chi connectivity index (χ2v) is 5.57. The zero-order chi connectivity index (χ0) is 16.4. The molecule has 114 valence electrons. The minimum absolute atomic E-state index is 0.0885. The minimum atomic E-state index is -0.666. The summed E-state index contributed by atoms with van der Waals surface area (Å²) in [4.78, 5) is 22.7. The fourth-order valence-electron chi connectivity index (χ4n) is 2.27. The van der Waals surface area contributed by atoms with Crippen molar-refractivity contribution in [3.05, 3.63) is 67.0 Å². The molecule has 0 N–H and O–H groups in total. The van der Waals surface area contributed by atoms with Gasteiger partial charge in [-0.15, -0.1) is 0 Å². The van der Waals surface area contributed by atoms with Crippen LogP contribution in [0.1, 0.15) is 22.5 Å². The van der Waals surface area contributed by atoms with E-state index in [9.17, 15) is 18.4 Å². The van der Waals surface area contributed by atoms with Crippen LogP contribution in [0, 0.1) is 25.5 Å². The maximum atomic E-state index is 13.8. The van der Waals surface area contributed by atoms with Gasteiger partial charge in [0.25, 0.3) is 0 Å². The molecule has 0 unspecified atom stereocenters. The van der Waals surface area contributed by atoms with Crippen LogP contribution in [0.25, 0.3) is 6.08 Å². The number of halogens is 3. The van der Waals surface area contributed by atoms with Gasteiger partial charge in [-0.05, 0) is 41.9 Å². The van der Waals surface area contributed by atoms with Gasteiger partial charge in [0.05, 0.1) is 16.6 Å². The largest absolute Gasteiger partial charge is 0.343 e. The zero-order valence-corrected chi connectivity index (χ0v) is 13.5. The van der Waals surface area contributed by atoms with Crippen LogP contribution in [0.15, 0.2) is 27.5 Å².